The van der Waals surface area contributed by atoms with Gasteiger partial charge in [-0.2, -0.15) is 5.26 Å². The lowest BCUT2D eigenvalue weighted by Gasteiger charge is -2.31. The van der Waals surface area contributed by atoms with Gasteiger partial charge in [-0.15, -0.1) is 0 Å². The summed E-state index contributed by atoms with van der Waals surface area (Å²) in [5.74, 6) is -0.264. The van der Waals surface area contributed by atoms with Crippen LogP contribution in [0.25, 0.3) is 0 Å². The lowest BCUT2D eigenvalue weighted by Crippen LogP contribution is -2.39. The van der Waals surface area contributed by atoms with Gasteiger partial charge in [0.2, 0.25) is 0 Å². The van der Waals surface area contributed by atoms with E-state index in [0.29, 0.717) is 18.5 Å². The number of piperidine rings is 1. The number of oxime groups is 1. The molecule has 2 rings (SSSR count). The van der Waals surface area contributed by atoms with Gasteiger partial charge in [0.05, 0.1) is 11.3 Å². The average molecular weight is 261 g/mol. The van der Waals surface area contributed by atoms with Crippen molar-refractivity contribution in [3.63, 3.8) is 0 Å². The molecule has 1 aliphatic heterocycles. The van der Waals surface area contributed by atoms with Crippen LogP contribution in [0.1, 0.15) is 24.5 Å². The van der Waals surface area contributed by atoms with Crippen LogP contribution in [0.4, 0.5) is 4.39 Å². The van der Waals surface area contributed by atoms with Gasteiger partial charge in [0.1, 0.15) is 11.9 Å². The predicted octanol–water partition coefficient (Wildman–Crippen LogP) is 2.37. The number of halogens is 1. The van der Waals surface area contributed by atoms with Crippen molar-refractivity contribution in [1.82, 2.24) is 4.90 Å². The molecule has 1 fully saturated rings. The van der Waals surface area contributed by atoms with E-state index in [4.69, 9.17) is 10.5 Å². The summed E-state index contributed by atoms with van der Waals surface area (Å²) >= 11 is 0. The Morgan fingerprint density at radius 2 is 2.37 bits per heavy atom. The van der Waals surface area contributed by atoms with Crippen LogP contribution in [-0.2, 0) is 6.54 Å². The molecule has 0 amide bonds. The third-order valence-corrected chi connectivity index (χ3v) is 3.51. The summed E-state index contributed by atoms with van der Waals surface area (Å²) in [6.07, 6.45) is 0.692. The highest BCUT2D eigenvalue weighted by atomic mass is 19.1. The number of nitriles is 1. The summed E-state index contributed by atoms with van der Waals surface area (Å²) in [5.41, 5.74) is 1.42. The second kappa shape index (κ2) is 5.81. The minimum atomic E-state index is -0.431. The molecule has 1 heterocycles. The van der Waals surface area contributed by atoms with Crippen LogP contribution in [0.5, 0.6) is 0 Å². The summed E-state index contributed by atoms with van der Waals surface area (Å²) in [5, 5.41) is 20.9. The molecule has 1 unspecified atom stereocenters. The van der Waals surface area contributed by atoms with E-state index in [1.54, 1.807) is 12.1 Å². The van der Waals surface area contributed by atoms with Crippen molar-refractivity contribution in [2.75, 3.05) is 13.1 Å². The summed E-state index contributed by atoms with van der Waals surface area (Å²) in [4.78, 5) is 2.11. The first kappa shape index (κ1) is 13.5. The maximum atomic E-state index is 14.0. The molecule has 0 saturated carbocycles. The molecule has 1 atom stereocenters. The van der Waals surface area contributed by atoms with Crippen LogP contribution in [0, 0.1) is 23.1 Å². The highest BCUT2D eigenvalue weighted by molar-refractivity contribution is 5.86. The van der Waals surface area contributed by atoms with Crippen molar-refractivity contribution in [2.45, 2.75) is 19.9 Å². The Kier molecular flexibility index (Phi) is 4.13. The first-order valence-electron chi connectivity index (χ1n) is 6.26. The van der Waals surface area contributed by atoms with E-state index in [0.717, 1.165) is 18.8 Å². The molecule has 5 heteroatoms. The van der Waals surface area contributed by atoms with E-state index >= 15 is 0 Å². The summed E-state index contributed by atoms with van der Waals surface area (Å²) < 4.78 is 14.0. The molecular formula is C14H16FN3O. The van der Waals surface area contributed by atoms with Crippen LogP contribution in [0.3, 0.4) is 0 Å². The SMILES string of the molecule is CC1CN(Cc2cccc(C#N)c2F)CC/C1=N\O. The van der Waals surface area contributed by atoms with Crippen molar-refractivity contribution < 1.29 is 9.60 Å². The smallest absolute Gasteiger partial charge is 0.145 e. The number of likely N-dealkylation sites (tertiary alicyclic amines) is 1. The molecule has 0 aromatic heterocycles. The fraction of sp³-hybridized carbons (Fsp3) is 0.429. The third-order valence-electron chi connectivity index (χ3n) is 3.51. The molecule has 1 saturated heterocycles. The van der Waals surface area contributed by atoms with Crippen molar-refractivity contribution in [3.05, 3.63) is 35.1 Å². The molecule has 19 heavy (non-hydrogen) atoms. The number of hydrogen-bond donors (Lipinski definition) is 1. The van der Waals surface area contributed by atoms with Gasteiger partial charge in [0.15, 0.2) is 0 Å². The molecule has 4 nitrogen and oxygen atoms in total. The van der Waals surface area contributed by atoms with Crippen LogP contribution >= 0.6 is 0 Å². The van der Waals surface area contributed by atoms with Crippen LogP contribution in [-0.4, -0.2) is 28.9 Å². The minimum absolute atomic E-state index is 0.0835. The Hall–Kier alpha value is -1.93. The highest BCUT2D eigenvalue weighted by Crippen LogP contribution is 2.19. The van der Waals surface area contributed by atoms with Crippen LogP contribution < -0.4 is 0 Å². The number of rotatable bonds is 2. The van der Waals surface area contributed by atoms with Gasteiger partial charge >= 0.3 is 0 Å². The van der Waals surface area contributed by atoms with E-state index in [-0.39, 0.29) is 11.5 Å². The van der Waals surface area contributed by atoms with Crippen molar-refractivity contribution in [2.24, 2.45) is 11.1 Å². The summed E-state index contributed by atoms with van der Waals surface area (Å²) in [6.45, 7) is 3.93. The van der Waals surface area contributed by atoms with Gasteiger partial charge < -0.3 is 5.21 Å². The predicted molar refractivity (Wildman–Crippen MR) is 69.4 cm³/mol. The second-order valence-corrected chi connectivity index (χ2v) is 4.87. The van der Waals surface area contributed by atoms with Gasteiger partial charge in [0, 0.05) is 37.5 Å². The minimum Gasteiger partial charge on any atom is -0.411 e. The van der Waals surface area contributed by atoms with Crippen LogP contribution in [0.2, 0.25) is 0 Å². The Morgan fingerprint density at radius 3 is 3.00 bits per heavy atom. The Bertz CT molecular complexity index is 536. The quantitative estimate of drug-likeness (QED) is 0.656. The fourth-order valence-corrected chi connectivity index (χ4v) is 2.42. The summed E-state index contributed by atoms with van der Waals surface area (Å²) in [7, 11) is 0. The zero-order chi connectivity index (χ0) is 13.8. The van der Waals surface area contributed by atoms with Crippen molar-refractivity contribution in [1.29, 1.82) is 5.26 Å². The molecule has 0 aliphatic carbocycles. The Labute approximate surface area is 111 Å². The number of nitrogens with zero attached hydrogens (tertiary/aromatic N) is 3. The highest BCUT2D eigenvalue weighted by Gasteiger charge is 2.23. The molecule has 0 radical (unpaired) electrons. The first-order valence-corrected chi connectivity index (χ1v) is 6.26. The van der Waals surface area contributed by atoms with Gasteiger partial charge in [-0.3, -0.25) is 4.90 Å². The topological polar surface area (TPSA) is 59.6 Å². The molecule has 1 aromatic carbocycles. The van der Waals surface area contributed by atoms with Crippen LogP contribution in [0.15, 0.2) is 23.4 Å². The van der Waals surface area contributed by atoms with E-state index in [9.17, 15) is 4.39 Å². The molecule has 1 aromatic rings. The first-order chi connectivity index (χ1) is 9.15. The van der Waals surface area contributed by atoms with Gasteiger partial charge in [-0.1, -0.05) is 24.2 Å². The standard InChI is InChI=1S/C14H16FN3O/c1-10-8-18(6-5-13(10)17-19)9-12-4-2-3-11(7-16)14(12)15/h2-4,10,19H,5-6,8-9H2,1H3/b17-13+. The molecule has 0 bridgehead atoms. The second-order valence-electron chi connectivity index (χ2n) is 4.87. The van der Waals surface area contributed by atoms with Gasteiger partial charge in [-0.05, 0) is 6.07 Å². The maximum absolute atomic E-state index is 14.0. The van der Waals surface area contributed by atoms with Crippen molar-refractivity contribution in [3.8, 4) is 6.07 Å². The molecule has 100 valence electrons. The van der Waals surface area contributed by atoms with E-state index in [1.807, 2.05) is 13.0 Å². The molecule has 1 aliphatic rings. The van der Waals surface area contributed by atoms with Gasteiger partial charge in [0.25, 0.3) is 0 Å². The number of benzene rings is 1. The van der Waals surface area contributed by atoms with E-state index in [1.165, 1.54) is 6.07 Å². The number of hydrogen-bond acceptors (Lipinski definition) is 4. The Balaban J connectivity index is 2.09. The van der Waals surface area contributed by atoms with E-state index in [2.05, 4.69) is 10.1 Å². The largest absolute Gasteiger partial charge is 0.411 e. The zero-order valence-electron chi connectivity index (χ0n) is 10.8. The molecule has 1 N–H and O–H groups in total. The third kappa shape index (κ3) is 2.91. The fourth-order valence-electron chi connectivity index (χ4n) is 2.42. The molecular weight excluding hydrogens is 245 g/mol. The lowest BCUT2D eigenvalue weighted by atomic mass is 9.97. The molecule has 0 spiro atoms. The maximum Gasteiger partial charge on any atom is 0.145 e. The van der Waals surface area contributed by atoms with E-state index < -0.39 is 5.82 Å². The lowest BCUT2D eigenvalue weighted by molar-refractivity contribution is 0.226. The monoisotopic (exact) mass is 261 g/mol. The van der Waals surface area contributed by atoms with Crippen molar-refractivity contribution >= 4 is 5.71 Å². The Morgan fingerprint density at radius 1 is 1.58 bits per heavy atom. The average Bonchev–Trinajstić information content (AvgIpc) is 2.41. The summed E-state index contributed by atoms with van der Waals surface area (Å²) in [6, 6.07) is 6.74. The zero-order valence-corrected chi connectivity index (χ0v) is 10.8. The van der Waals surface area contributed by atoms with Gasteiger partial charge in [-0.25, -0.2) is 4.39 Å². The normalized spacial score (nSPS) is 22.4.